The van der Waals surface area contributed by atoms with Gasteiger partial charge in [-0.05, 0) is 49.7 Å². The molecule has 692 valence electrons. The Balaban J connectivity index is -0.000000698. The fourth-order valence-electron chi connectivity index (χ4n) is 7.31. The Kier molecular flexibility index (Phi) is 47.4. The Morgan fingerprint density at radius 3 is 0.694 bits per heavy atom. The van der Waals surface area contributed by atoms with Gasteiger partial charge >= 0.3 is 162 Å². The van der Waals surface area contributed by atoms with Crippen LogP contribution in [0.25, 0.3) is 0 Å². The Bertz CT molecular complexity index is 4540. The summed E-state index contributed by atoms with van der Waals surface area (Å²) in [5, 5.41) is 149. The Hall–Kier alpha value is -12.2. The number of aromatic amines is 1. The second-order valence-corrected chi connectivity index (χ2v) is 29.6. The summed E-state index contributed by atoms with van der Waals surface area (Å²) in [6.07, 6.45) is -18.1. The van der Waals surface area contributed by atoms with Crippen molar-refractivity contribution in [2.45, 2.75) is 56.9 Å². The van der Waals surface area contributed by atoms with Gasteiger partial charge in [0.15, 0.2) is 17.0 Å². The molecule has 124 heavy (non-hydrogen) atoms. The van der Waals surface area contributed by atoms with E-state index < -0.39 is 261 Å². The first-order valence-electron chi connectivity index (χ1n) is 29.3. The van der Waals surface area contributed by atoms with Gasteiger partial charge in [-0.25, -0.2) is 99.3 Å². The molecule has 1 fully saturated rings. The van der Waals surface area contributed by atoms with Crippen molar-refractivity contribution in [1.82, 2.24) is 9.97 Å². The SMILES string of the molecule is CC(C(=O)O)C(=O)O.CCC(C(=O)O)(C(=O)O)C(=O)O.O=C(O)C(=O)O.O=C(O)P(=O)(O)O.O=C(O)c1cc(=O)cc(C(=O)O)[nH]1.O=C(O)c1cc(C(=O)O)c(C(=O)O)cc1C(=O)O.O=C(O)c1ccccc1C(=O)O.O=C(O)c1cccnc1C(=O)O.O=P(O)(O)OC1C(OP(=O)(O)O)C(OP(=O)(O)O)C(OP(=O)(O)O)C(OP(=O)(O)O)C1OP(=O)(O)O. The van der Waals surface area contributed by atoms with Crippen LogP contribution >= 0.6 is 54.5 Å². The summed E-state index contributed by atoms with van der Waals surface area (Å²) < 4.78 is 103. The summed E-state index contributed by atoms with van der Waals surface area (Å²) in [6, 6.07) is 10.7. The maximum absolute atomic E-state index is 11.4. The molecule has 2 aromatic heterocycles. The van der Waals surface area contributed by atoms with E-state index in [1.807, 2.05) is 0 Å². The third-order valence-electron chi connectivity index (χ3n) is 12.3. The lowest BCUT2D eigenvalue weighted by Crippen LogP contribution is -2.66. The number of phosphoric acid groups is 6. The second-order valence-electron chi connectivity index (χ2n) is 21.0. The predicted octanol–water partition coefficient (Wildman–Crippen LogP) is -2.89. The molecule has 0 saturated heterocycles. The minimum Gasteiger partial charge on any atom is -0.481 e. The number of carboxylic acids is 17. The number of aromatic nitrogens is 2. The van der Waals surface area contributed by atoms with E-state index in [2.05, 4.69) is 37.1 Å². The number of nitrogens with one attached hydrogen (secondary N) is 1. The highest BCUT2D eigenvalue weighted by molar-refractivity contribution is 7.69. The van der Waals surface area contributed by atoms with Crippen molar-refractivity contribution < 1.29 is 306 Å². The number of carbonyl (C=O) groups is 18. The average Bonchev–Trinajstić information content (AvgIpc) is 0.742. The standard InChI is InChI=1S/C10H6O8.C8H6O4.C7H5NO5.C7H5NO4.C6H18O24P6.C6H8O6.C4H6O4.C2H2O4.CH3O5P/c11-7(12)3-1-4(8(13)14)6(10(17)18)2-5(3)9(15)16;9-7(10)5-3-1-2-4-6(5)8(11)12;9-3-1-4(6(10)11)8-5(2-3)7(12)13;9-6(10)4-2-1-3-8-5(4)7(11)12;7-31(8,9)25-1-2(26-32(10,11)12)4(28-34(16,17)18)6(30-36(22,23)24)5(29-35(19,20)21)3(1)27-33(13,14)15;1-2-6(3(7)8,4(9)10)5(11)12;1-2(3(5)6)4(7)8;3-1(4)2(5)6;2-1(3)7(4,5)6/h1-2H,(H,11,12)(H,13,14)(H,15,16)(H,17,18);1-4H,(H,9,10)(H,11,12);1-2H,(H,8,9)(H,10,11)(H,12,13);1-3H,(H,9,10)(H,11,12);1-6H,(H2,7,8,9)(H2,10,11,12)(H2,13,14,15)(H2,16,17,18)(H2,19,20,21)(H2,22,23,24);2H2,1H3,(H,7,8)(H,9,10)(H,11,12);2H,1H3,(H,5,6)(H,7,8);(H,3,4)(H,5,6);(H,2,3)(H2,4,5,6). The fraction of sp³-hybridized carbons (Fsp3) is 0.216. The Morgan fingerprint density at radius 2 is 0.565 bits per heavy atom. The quantitative estimate of drug-likeness (QED) is 0.0147. The number of hydrogen-bond donors (Lipinski definition) is 33. The zero-order chi connectivity index (χ0) is 98.9. The zero-order valence-corrected chi connectivity index (χ0v) is 65.8. The van der Waals surface area contributed by atoms with Crippen LogP contribution in [0.2, 0.25) is 0 Å². The van der Waals surface area contributed by atoms with Crippen LogP contribution in [-0.2, 0) is 92.7 Å². The third kappa shape index (κ3) is 44.6. The normalized spacial score (nSPS) is 15.4. The first kappa shape index (κ1) is 118. The molecule has 0 aliphatic heterocycles. The molecule has 0 spiro atoms. The van der Waals surface area contributed by atoms with Gasteiger partial charge in [0.1, 0.15) is 48.0 Å². The van der Waals surface area contributed by atoms with Gasteiger partial charge in [-0.15, -0.1) is 0 Å². The molecule has 1 aliphatic carbocycles. The van der Waals surface area contributed by atoms with Crippen molar-refractivity contribution >= 4 is 162 Å². The van der Waals surface area contributed by atoms with Gasteiger partial charge < -0.3 is 165 Å². The molecular weight excluding hydrogens is 1880 g/mol. The number of aliphatic carboxylic acids is 7. The van der Waals surface area contributed by atoms with Gasteiger partial charge in [0.25, 0.3) is 5.41 Å². The molecule has 2 heterocycles. The number of rotatable bonds is 29. The van der Waals surface area contributed by atoms with Crippen LogP contribution in [-0.4, -0.2) is 314 Å². The highest BCUT2D eigenvalue weighted by Gasteiger charge is 2.63. The monoisotopic (exact) mass is 1940 g/mol. The highest BCUT2D eigenvalue weighted by Crippen LogP contribution is 2.57. The molecular formula is C51H59N2O64P7. The lowest BCUT2D eigenvalue weighted by molar-refractivity contribution is -0.202. The van der Waals surface area contributed by atoms with Crippen LogP contribution in [0.1, 0.15) is 124 Å². The summed E-state index contributed by atoms with van der Waals surface area (Å²) in [6.45, 7) is 2.31. The molecule has 33 N–H and O–H groups in total. The number of pyridine rings is 2. The van der Waals surface area contributed by atoms with E-state index in [0.29, 0.717) is 12.1 Å². The van der Waals surface area contributed by atoms with Crippen molar-refractivity contribution in [1.29, 1.82) is 0 Å². The molecule has 0 amide bonds. The maximum Gasteiger partial charge on any atom is 0.470 e. The number of nitrogens with zero attached hydrogens (tertiary/aromatic N) is 1. The van der Waals surface area contributed by atoms with E-state index >= 15 is 0 Å². The van der Waals surface area contributed by atoms with Gasteiger partial charge in [0.05, 0.1) is 38.9 Å². The van der Waals surface area contributed by atoms with Gasteiger partial charge in [0.2, 0.25) is 0 Å². The van der Waals surface area contributed by atoms with Crippen molar-refractivity contribution in [3.8, 4) is 0 Å². The van der Waals surface area contributed by atoms with Crippen LogP contribution in [0.5, 0.6) is 0 Å². The first-order chi connectivity index (χ1) is 55.6. The summed E-state index contributed by atoms with van der Waals surface area (Å²) in [7, 11) is -40.9. The lowest BCUT2D eigenvalue weighted by Gasteiger charge is -2.48. The number of aromatic carboxylic acids is 10. The molecule has 1 saturated carbocycles. The number of phosphoric ester groups is 6. The summed E-state index contributed by atoms with van der Waals surface area (Å²) in [5.74, 6) is -27.6. The van der Waals surface area contributed by atoms with Crippen molar-refractivity contribution in [3.05, 3.63) is 133 Å². The molecule has 4 aromatic rings. The van der Waals surface area contributed by atoms with E-state index in [1.54, 1.807) is 0 Å². The molecule has 66 nitrogen and oxygen atoms in total. The lowest BCUT2D eigenvalue weighted by atomic mass is 9.85. The van der Waals surface area contributed by atoms with Crippen molar-refractivity contribution in [2.24, 2.45) is 11.3 Å². The summed E-state index contributed by atoms with van der Waals surface area (Å²) >= 11 is 0. The van der Waals surface area contributed by atoms with Crippen molar-refractivity contribution in [3.63, 3.8) is 0 Å². The second kappa shape index (κ2) is 49.8. The highest BCUT2D eigenvalue weighted by atomic mass is 31.2. The van der Waals surface area contributed by atoms with Crippen LogP contribution in [0.3, 0.4) is 0 Å². The van der Waals surface area contributed by atoms with Gasteiger partial charge in [-0.2, -0.15) is 0 Å². The third-order valence-corrected chi connectivity index (χ3v) is 15.9. The van der Waals surface area contributed by atoms with Crippen molar-refractivity contribution in [2.75, 3.05) is 0 Å². The largest absolute Gasteiger partial charge is 0.481 e. The average molecular weight is 1940 g/mol. The summed E-state index contributed by atoms with van der Waals surface area (Å²) in [5.41, 5.74) is -10.6. The summed E-state index contributed by atoms with van der Waals surface area (Å²) in [4.78, 5) is 325. The molecule has 0 bridgehead atoms. The van der Waals surface area contributed by atoms with E-state index in [0.717, 1.165) is 19.1 Å². The smallest absolute Gasteiger partial charge is 0.470 e. The number of carboxylic acid groups (broad SMARTS) is 18. The van der Waals surface area contributed by atoms with Gasteiger partial charge in [-0.3, -0.25) is 55.9 Å². The molecule has 1 aliphatic rings. The maximum atomic E-state index is 11.4. The van der Waals surface area contributed by atoms with E-state index in [4.69, 9.17) is 170 Å². The molecule has 0 radical (unpaired) electrons. The van der Waals surface area contributed by atoms with Gasteiger partial charge in [0, 0.05) is 18.3 Å². The van der Waals surface area contributed by atoms with Gasteiger partial charge in [-0.1, -0.05) is 19.1 Å². The van der Waals surface area contributed by atoms with E-state index in [9.17, 15) is 113 Å². The van der Waals surface area contributed by atoms with E-state index in [-0.39, 0.29) is 16.7 Å². The van der Waals surface area contributed by atoms with E-state index in [1.165, 1.54) is 49.5 Å². The predicted molar refractivity (Wildman–Crippen MR) is 371 cm³/mol. The van der Waals surface area contributed by atoms with Crippen LogP contribution in [0, 0.1) is 11.3 Å². The fourth-order valence-corrected chi connectivity index (χ4v) is 10.7. The zero-order valence-electron chi connectivity index (χ0n) is 59.6. The molecule has 0 atom stereocenters. The van der Waals surface area contributed by atoms with Crippen LogP contribution in [0.4, 0.5) is 4.79 Å². The topological polar surface area (TPSA) is 1180 Å². The molecule has 0 unspecified atom stereocenters. The number of benzene rings is 2. The van der Waals surface area contributed by atoms with Crippen LogP contribution < -0.4 is 5.43 Å². The Morgan fingerprint density at radius 1 is 0.347 bits per heavy atom. The van der Waals surface area contributed by atoms with Crippen LogP contribution in [0.15, 0.2) is 71.7 Å². The number of hydrogen-bond acceptors (Lipinski definition) is 33. The first-order valence-corrected chi connectivity index (χ1v) is 40.0. The minimum absolute atomic E-state index is 0.190. The molecule has 2 aromatic carbocycles. The Labute approximate surface area is 677 Å². The minimum atomic E-state index is -6.02. The molecule has 5 rings (SSSR count). The molecule has 73 heteroatoms. The number of H-pyrrole nitrogens is 1.